The van der Waals surface area contributed by atoms with Crippen LogP contribution in [-0.4, -0.2) is 47.2 Å². The Morgan fingerprint density at radius 3 is 2.06 bits per heavy atom. The first-order valence-electron chi connectivity index (χ1n) is 11.3. The Morgan fingerprint density at radius 1 is 1.09 bits per heavy atom. The van der Waals surface area contributed by atoms with Crippen molar-refractivity contribution >= 4 is 18.0 Å². The summed E-state index contributed by atoms with van der Waals surface area (Å²) in [4.78, 5) is 8.00. The van der Waals surface area contributed by atoms with E-state index in [0.717, 1.165) is 12.1 Å². The molecule has 0 radical (unpaired) electrons. The number of benzene rings is 2. The predicted molar refractivity (Wildman–Crippen MR) is 141 cm³/mol. The summed E-state index contributed by atoms with van der Waals surface area (Å²) < 4.78 is 44.2. The number of carbonyl (C=O) groups excluding carboxylic acids is 1. The van der Waals surface area contributed by atoms with E-state index in [1.54, 1.807) is 18.4 Å². The normalized spacial score (nSPS) is 21.9. The maximum atomic E-state index is 14.1. The van der Waals surface area contributed by atoms with Gasteiger partial charge in [-0.05, 0) is 68.2 Å². The molecule has 1 fully saturated rings. The first-order chi connectivity index (χ1) is 16.6. The summed E-state index contributed by atoms with van der Waals surface area (Å²) in [6.07, 6.45) is 1.77. The van der Waals surface area contributed by atoms with Gasteiger partial charge in [0.25, 0.3) is 0 Å². The SMILES string of the molecule is C=C.C=O.CN(C)S(=O)NC1CCC(C)(c2cc(F)ccc2F)CC1CO.Cc1ccc(C)cc1. The van der Waals surface area contributed by atoms with Crippen molar-refractivity contribution in [1.82, 2.24) is 9.03 Å². The van der Waals surface area contributed by atoms with Gasteiger partial charge >= 0.3 is 0 Å². The Bertz CT molecular complexity index is 889. The van der Waals surface area contributed by atoms with Gasteiger partial charge in [0.1, 0.15) is 18.4 Å². The van der Waals surface area contributed by atoms with Crippen molar-refractivity contribution < 1.29 is 22.9 Å². The second kappa shape index (κ2) is 16.4. The molecule has 3 rings (SSSR count). The van der Waals surface area contributed by atoms with Crippen molar-refractivity contribution in [1.29, 1.82) is 0 Å². The number of carbonyl (C=O) groups is 1. The molecule has 8 heteroatoms. The number of nitrogens with zero attached hydrogens (tertiary/aromatic N) is 1. The lowest BCUT2D eigenvalue weighted by molar-refractivity contribution is -0.0980. The van der Waals surface area contributed by atoms with Crippen molar-refractivity contribution in [3.8, 4) is 0 Å². The Labute approximate surface area is 212 Å². The minimum Gasteiger partial charge on any atom is -0.396 e. The van der Waals surface area contributed by atoms with Gasteiger partial charge in [-0.25, -0.2) is 22.0 Å². The average molecular weight is 511 g/mol. The number of halogens is 2. The maximum Gasteiger partial charge on any atom is 0.169 e. The summed E-state index contributed by atoms with van der Waals surface area (Å²) in [5, 5.41) is 9.70. The lowest BCUT2D eigenvalue weighted by Crippen LogP contribution is -2.49. The molecule has 0 aromatic heterocycles. The van der Waals surface area contributed by atoms with Crippen LogP contribution in [0.25, 0.3) is 0 Å². The Balaban J connectivity index is 0.000000801. The fraction of sp³-hybridized carbons (Fsp3) is 0.444. The summed E-state index contributed by atoms with van der Waals surface area (Å²) in [6, 6.07) is 11.9. The van der Waals surface area contributed by atoms with Crippen LogP contribution in [0.2, 0.25) is 0 Å². The molecule has 5 nitrogen and oxygen atoms in total. The van der Waals surface area contributed by atoms with E-state index in [1.807, 2.05) is 13.7 Å². The maximum absolute atomic E-state index is 14.1. The number of rotatable bonds is 5. The van der Waals surface area contributed by atoms with Crippen molar-refractivity contribution in [2.75, 3.05) is 20.7 Å². The number of aryl methyl sites for hydroxylation is 2. The zero-order valence-corrected chi connectivity index (χ0v) is 22.3. The molecule has 1 aliphatic carbocycles. The Morgan fingerprint density at radius 2 is 1.60 bits per heavy atom. The first-order valence-corrected chi connectivity index (χ1v) is 12.4. The minimum absolute atomic E-state index is 0.0885. The van der Waals surface area contributed by atoms with Crippen LogP contribution in [-0.2, 0) is 21.4 Å². The zero-order chi connectivity index (χ0) is 27.2. The second-order valence-corrected chi connectivity index (χ2v) is 10.3. The van der Waals surface area contributed by atoms with Crippen LogP contribution in [0.1, 0.15) is 42.9 Å². The highest BCUT2D eigenvalue weighted by Crippen LogP contribution is 2.43. The van der Waals surface area contributed by atoms with E-state index in [1.165, 1.54) is 17.2 Å². The molecular formula is C27H40F2N2O3S. The molecule has 2 aromatic carbocycles. The largest absolute Gasteiger partial charge is 0.396 e. The lowest BCUT2D eigenvalue weighted by Gasteiger charge is -2.42. The molecule has 0 bridgehead atoms. The fourth-order valence-corrected chi connectivity index (χ4v) is 4.74. The van der Waals surface area contributed by atoms with Crippen molar-refractivity contribution in [3.63, 3.8) is 0 Å². The van der Waals surface area contributed by atoms with E-state index in [0.29, 0.717) is 24.8 Å². The molecule has 196 valence electrons. The Hall–Kier alpha value is -2.26. The van der Waals surface area contributed by atoms with Gasteiger partial charge in [0.2, 0.25) is 0 Å². The van der Waals surface area contributed by atoms with Crippen LogP contribution in [0, 0.1) is 31.4 Å². The Kier molecular flexibility index (Phi) is 15.4. The van der Waals surface area contributed by atoms with E-state index in [4.69, 9.17) is 4.79 Å². The van der Waals surface area contributed by atoms with Gasteiger partial charge in [-0.1, -0.05) is 42.3 Å². The smallest absolute Gasteiger partial charge is 0.169 e. The van der Waals surface area contributed by atoms with Crippen LogP contribution >= 0.6 is 0 Å². The topological polar surface area (TPSA) is 69.6 Å². The van der Waals surface area contributed by atoms with Crippen molar-refractivity contribution in [2.24, 2.45) is 5.92 Å². The standard InChI is InChI=1S/C16H24F2N2O2S.C8H10.C2H4.CH2O/c1-16(13-8-12(17)4-5-14(13)18)7-6-15(11(9-16)10-21)19-23(22)20(2)3;1-7-3-5-8(2)6-4-7;2*1-2/h4-5,8,11,15,19,21H,6-7,9-10H2,1-3H3;3-6H,1-2H3;1-2H2;1H2. The van der Waals surface area contributed by atoms with Crippen LogP contribution in [0.3, 0.4) is 0 Å². The molecule has 0 spiro atoms. The number of aliphatic hydroxyl groups excluding tert-OH is 1. The van der Waals surface area contributed by atoms with E-state index in [-0.39, 0.29) is 18.6 Å². The molecule has 4 unspecified atom stereocenters. The molecule has 1 aliphatic rings. The fourth-order valence-electron chi connectivity index (χ4n) is 3.96. The third-order valence-electron chi connectivity index (χ3n) is 5.90. The average Bonchev–Trinajstić information content (AvgIpc) is 2.86. The molecular weight excluding hydrogens is 470 g/mol. The third-order valence-corrected chi connectivity index (χ3v) is 7.07. The monoisotopic (exact) mass is 510 g/mol. The van der Waals surface area contributed by atoms with Gasteiger partial charge in [0.15, 0.2) is 11.2 Å². The molecule has 1 saturated carbocycles. The zero-order valence-electron chi connectivity index (χ0n) is 21.5. The summed E-state index contributed by atoms with van der Waals surface area (Å²) in [5.41, 5.74) is 2.46. The van der Waals surface area contributed by atoms with E-state index in [2.05, 4.69) is 56.0 Å². The summed E-state index contributed by atoms with van der Waals surface area (Å²) in [7, 11) is 3.40. The number of nitrogens with one attached hydrogen (secondary N) is 1. The van der Waals surface area contributed by atoms with Gasteiger partial charge in [0.05, 0.1) is 0 Å². The summed E-state index contributed by atoms with van der Waals surface area (Å²) in [5.74, 6) is -1.05. The summed E-state index contributed by atoms with van der Waals surface area (Å²) in [6.45, 7) is 14.0. The highest BCUT2D eigenvalue weighted by atomic mass is 32.2. The van der Waals surface area contributed by atoms with Crippen molar-refractivity contribution in [3.05, 3.63) is 83.9 Å². The lowest BCUT2D eigenvalue weighted by atomic mass is 9.65. The molecule has 0 amide bonds. The van der Waals surface area contributed by atoms with E-state index in [9.17, 15) is 18.1 Å². The number of hydrogen-bond acceptors (Lipinski definition) is 3. The van der Waals surface area contributed by atoms with Crippen LogP contribution < -0.4 is 4.72 Å². The summed E-state index contributed by atoms with van der Waals surface area (Å²) >= 11 is -1.33. The third kappa shape index (κ3) is 10.5. The van der Waals surface area contributed by atoms with Gasteiger partial charge in [-0.2, -0.15) is 0 Å². The van der Waals surface area contributed by atoms with Crippen LogP contribution in [0.5, 0.6) is 0 Å². The molecule has 0 saturated heterocycles. The van der Waals surface area contributed by atoms with Crippen LogP contribution in [0.4, 0.5) is 8.78 Å². The second-order valence-electron chi connectivity index (χ2n) is 8.81. The van der Waals surface area contributed by atoms with E-state index >= 15 is 0 Å². The molecule has 2 aromatic rings. The van der Waals surface area contributed by atoms with Gasteiger partial charge in [-0.3, -0.25) is 0 Å². The highest BCUT2D eigenvalue weighted by Gasteiger charge is 2.40. The molecule has 35 heavy (non-hydrogen) atoms. The van der Waals surface area contributed by atoms with E-state index < -0.39 is 28.2 Å². The van der Waals surface area contributed by atoms with Crippen LogP contribution in [0.15, 0.2) is 55.6 Å². The molecule has 0 heterocycles. The quantitative estimate of drug-likeness (QED) is 0.554. The number of aliphatic hydroxyl groups is 1. The molecule has 4 atom stereocenters. The van der Waals surface area contributed by atoms with Gasteiger partial charge < -0.3 is 9.90 Å². The van der Waals surface area contributed by atoms with Gasteiger partial charge in [-0.15, -0.1) is 13.2 Å². The van der Waals surface area contributed by atoms with Crippen molar-refractivity contribution in [2.45, 2.75) is 51.5 Å². The number of hydrogen-bond donors (Lipinski definition) is 2. The van der Waals surface area contributed by atoms with Gasteiger partial charge in [0, 0.05) is 26.7 Å². The molecule has 2 N–H and O–H groups in total. The minimum atomic E-state index is -1.33. The highest BCUT2D eigenvalue weighted by molar-refractivity contribution is 7.80. The molecule has 0 aliphatic heterocycles. The first kappa shape index (κ1) is 32.7. The predicted octanol–water partition coefficient (Wildman–Crippen LogP) is 5.03.